The summed E-state index contributed by atoms with van der Waals surface area (Å²) in [6, 6.07) is -1.12. The first kappa shape index (κ1) is 31.1. The van der Waals surface area contributed by atoms with Crippen molar-refractivity contribution in [2.24, 2.45) is 5.92 Å². The summed E-state index contributed by atoms with van der Waals surface area (Å²) in [6.07, 6.45) is 7.12. The number of carboxylic acid groups (broad SMARTS) is 3. The molecular formula is C24H42N4O8. The molecule has 12 heteroatoms. The van der Waals surface area contributed by atoms with Crippen molar-refractivity contribution in [1.29, 1.82) is 0 Å². The van der Waals surface area contributed by atoms with Gasteiger partial charge < -0.3 is 36.2 Å². The number of carboxylic acids is 1. The van der Waals surface area contributed by atoms with Gasteiger partial charge in [-0.3, -0.25) is 19.2 Å². The van der Waals surface area contributed by atoms with Gasteiger partial charge in [-0.1, -0.05) is 19.3 Å². The first-order valence-corrected chi connectivity index (χ1v) is 12.8. The molecule has 0 radical (unpaired) electrons. The van der Waals surface area contributed by atoms with Crippen molar-refractivity contribution >= 4 is 29.8 Å². The summed E-state index contributed by atoms with van der Waals surface area (Å²) >= 11 is 0. The van der Waals surface area contributed by atoms with Gasteiger partial charge in [0.15, 0.2) is 0 Å². The maximum Gasteiger partial charge on any atom is 0.503 e. The zero-order valence-corrected chi connectivity index (χ0v) is 21.2. The highest BCUT2D eigenvalue weighted by Crippen LogP contribution is 2.19. The molecule has 6 N–H and O–H groups in total. The summed E-state index contributed by atoms with van der Waals surface area (Å²) in [4.78, 5) is 58.9. The number of nitrogens with one attached hydrogen (secondary N) is 3. The van der Waals surface area contributed by atoms with Crippen LogP contribution < -0.4 is 16.0 Å². The molecule has 206 valence electrons. The second-order valence-corrected chi connectivity index (χ2v) is 9.34. The molecule has 12 nitrogen and oxygen atoms in total. The van der Waals surface area contributed by atoms with E-state index in [1.54, 1.807) is 0 Å². The SMILES string of the molecule is CCN(CC(=O)N[C@@H](CC(=O)O)C(=O)NC1CCCCC1)C(=O)CCCC1CCNCC1.O=C(O)O. The fraction of sp³-hybridized carbons (Fsp3) is 0.792. The van der Waals surface area contributed by atoms with E-state index >= 15 is 0 Å². The van der Waals surface area contributed by atoms with E-state index in [2.05, 4.69) is 16.0 Å². The Kier molecular flexibility index (Phi) is 15.2. The lowest BCUT2D eigenvalue weighted by Gasteiger charge is -2.26. The Morgan fingerprint density at radius 2 is 1.58 bits per heavy atom. The molecule has 36 heavy (non-hydrogen) atoms. The number of hydrogen-bond donors (Lipinski definition) is 6. The Hall–Kier alpha value is -2.89. The molecule has 1 saturated carbocycles. The quantitative estimate of drug-likeness (QED) is 0.225. The lowest BCUT2D eigenvalue weighted by Crippen LogP contribution is -2.53. The van der Waals surface area contributed by atoms with Crippen LogP contribution in [0.2, 0.25) is 0 Å². The fourth-order valence-corrected chi connectivity index (χ4v) is 4.59. The largest absolute Gasteiger partial charge is 0.503 e. The average Bonchev–Trinajstić information content (AvgIpc) is 2.82. The summed E-state index contributed by atoms with van der Waals surface area (Å²) in [5.74, 6) is -1.57. The van der Waals surface area contributed by atoms with Gasteiger partial charge in [-0.25, -0.2) is 4.79 Å². The molecule has 1 saturated heterocycles. The number of rotatable bonds is 12. The van der Waals surface area contributed by atoms with Gasteiger partial charge in [-0.15, -0.1) is 0 Å². The summed E-state index contributed by atoms with van der Waals surface area (Å²) < 4.78 is 0. The van der Waals surface area contributed by atoms with Crippen molar-refractivity contribution in [3.8, 4) is 0 Å². The van der Waals surface area contributed by atoms with E-state index in [-0.39, 0.29) is 18.5 Å². The Morgan fingerprint density at radius 3 is 2.14 bits per heavy atom. The first-order chi connectivity index (χ1) is 17.1. The van der Waals surface area contributed by atoms with Gasteiger partial charge in [0.2, 0.25) is 17.7 Å². The van der Waals surface area contributed by atoms with Crippen LogP contribution >= 0.6 is 0 Å². The smallest absolute Gasteiger partial charge is 0.481 e. The normalized spacial score (nSPS) is 17.1. The zero-order valence-electron chi connectivity index (χ0n) is 21.2. The summed E-state index contributed by atoms with van der Waals surface area (Å²) in [5.41, 5.74) is 0. The molecule has 1 atom stereocenters. The molecule has 1 aliphatic carbocycles. The number of hydrogen-bond acceptors (Lipinski definition) is 6. The highest BCUT2D eigenvalue weighted by Gasteiger charge is 2.27. The van der Waals surface area contributed by atoms with E-state index in [9.17, 15) is 24.3 Å². The van der Waals surface area contributed by atoms with E-state index in [1.165, 1.54) is 4.90 Å². The van der Waals surface area contributed by atoms with E-state index in [0.717, 1.165) is 70.9 Å². The third-order valence-corrected chi connectivity index (χ3v) is 6.51. The van der Waals surface area contributed by atoms with Crippen molar-refractivity contribution in [2.45, 2.75) is 89.6 Å². The van der Waals surface area contributed by atoms with Gasteiger partial charge in [-0.05, 0) is 64.5 Å². The van der Waals surface area contributed by atoms with E-state index in [0.29, 0.717) is 18.9 Å². The molecule has 0 aromatic heterocycles. The summed E-state index contributed by atoms with van der Waals surface area (Å²) in [6.45, 7) is 4.09. The molecule has 0 spiro atoms. The maximum absolute atomic E-state index is 12.6. The standard InChI is InChI=1S/C23H40N4O5.CH2O3/c1-2-27(21(29)10-6-7-17-11-13-24-14-12-17)16-20(28)26-19(15-22(30)31)23(32)25-18-8-4-3-5-9-18;2-1(3)4/h17-19,24H,2-16H2,1H3,(H,25,32)(H,26,28)(H,30,31);(H2,2,3,4)/t19-;/m0./s1. The molecule has 3 amide bonds. The molecule has 1 aliphatic heterocycles. The predicted molar refractivity (Wildman–Crippen MR) is 132 cm³/mol. The number of piperidine rings is 1. The number of carbonyl (C=O) groups is 5. The molecule has 1 heterocycles. The third-order valence-electron chi connectivity index (χ3n) is 6.51. The van der Waals surface area contributed by atoms with Crippen molar-refractivity contribution in [1.82, 2.24) is 20.9 Å². The summed E-state index contributed by atoms with van der Waals surface area (Å²) in [5, 5.41) is 31.9. The molecule has 0 aromatic rings. The van der Waals surface area contributed by atoms with Crippen LogP contribution in [0.5, 0.6) is 0 Å². The van der Waals surface area contributed by atoms with Crippen LogP contribution in [0.4, 0.5) is 4.79 Å². The number of amides is 3. The Labute approximate surface area is 212 Å². The molecule has 2 fully saturated rings. The molecule has 0 bridgehead atoms. The third kappa shape index (κ3) is 13.9. The second kappa shape index (κ2) is 17.5. The number of carbonyl (C=O) groups excluding carboxylic acids is 3. The topological polar surface area (TPSA) is 185 Å². The van der Waals surface area contributed by atoms with Gasteiger partial charge in [-0.2, -0.15) is 0 Å². The van der Waals surface area contributed by atoms with Crippen LogP contribution in [0.15, 0.2) is 0 Å². The molecule has 2 aliphatic rings. The van der Waals surface area contributed by atoms with Crippen LogP contribution in [0, 0.1) is 5.92 Å². The number of likely N-dealkylation sites (N-methyl/N-ethyl adjacent to an activating group) is 1. The van der Waals surface area contributed by atoms with Gasteiger partial charge >= 0.3 is 12.1 Å². The average molecular weight is 515 g/mol. The lowest BCUT2D eigenvalue weighted by molar-refractivity contribution is -0.141. The van der Waals surface area contributed by atoms with Gasteiger partial charge in [0, 0.05) is 19.0 Å². The van der Waals surface area contributed by atoms with Crippen LogP contribution in [0.25, 0.3) is 0 Å². The Morgan fingerprint density at radius 1 is 0.972 bits per heavy atom. The molecule has 0 aromatic carbocycles. The number of aliphatic carboxylic acids is 1. The van der Waals surface area contributed by atoms with E-state index < -0.39 is 36.4 Å². The highest BCUT2D eigenvalue weighted by molar-refractivity contribution is 5.92. The highest BCUT2D eigenvalue weighted by atomic mass is 16.6. The Bertz CT molecular complexity index is 717. The fourth-order valence-electron chi connectivity index (χ4n) is 4.59. The first-order valence-electron chi connectivity index (χ1n) is 12.8. The van der Waals surface area contributed by atoms with Crippen LogP contribution in [0.3, 0.4) is 0 Å². The minimum atomic E-state index is -1.83. The maximum atomic E-state index is 12.6. The van der Waals surface area contributed by atoms with Crippen molar-refractivity contribution in [2.75, 3.05) is 26.2 Å². The van der Waals surface area contributed by atoms with Crippen LogP contribution in [-0.2, 0) is 19.2 Å². The predicted octanol–water partition coefficient (Wildman–Crippen LogP) is 1.64. The minimum absolute atomic E-state index is 0.0260. The van der Waals surface area contributed by atoms with E-state index in [1.807, 2.05) is 6.92 Å². The molecule has 2 rings (SSSR count). The summed E-state index contributed by atoms with van der Waals surface area (Å²) in [7, 11) is 0. The molecular weight excluding hydrogens is 472 g/mol. The van der Waals surface area contributed by atoms with Crippen molar-refractivity contribution in [3.05, 3.63) is 0 Å². The second-order valence-electron chi connectivity index (χ2n) is 9.34. The van der Waals surface area contributed by atoms with Gasteiger partial charge in [0.25, 0.3) is 0 Å². The molecule has 0 unspecified atom stereocenters. The van der Waals surface area contributed by atoms with Crippen LogP contribution in [-0.4, -0.2) is 88.3 Å². The van der Waals surface area contributed by atoms with Gasteiger partial charge in [0.1, 0.15) is 6.04 Å². The Balaban J connectivity index is 0.00000150. The lowest BCUT2D eigenvalue weighted by atomic mass is 9.92. The van der Waals surface area contributed by atoms with Gasteiger partial charge in [0.05, 0.1) is 13.0 Å². The van der Waals surface area contributed by atoms with E-state index in [4.69, 9.17) is 15.0 Å². The van der Waals surface area contributed by atoms with Crippen molar-refractivity contribution in [3.63, 3.8) is 0 Å². The monoisotopic (exact) mass is 514 g/mol. The number of nitrogens with zero attached hydrogens (tertiary/aromatic N) is 1. The minimum Gasteiger partial charge on any atom is -0.481 e. The zero-order chi connectivity index (χ0) is 26.9. The van der Waals surface area contributed by atoms with Crippen LogP contribution in [0.1, 0.15) is 77.6 Å². The van der Waals surface area contributed by atoms with Crippen molar-refractivity contribution < 1.29 is 39.3 Å².